The zero-order chi connectivity index (χ0) is 12.4. The number of benzene rings is 1. The van der Waals surface area contributed by atoms with E-state index in [1.165, 1.54) is 24.3 Å². The van der Waals surface area contributed by atoms with Crippen LogP contribution in [0.1, 0.15) is 5.56 Å². The SMILES string of the molecule is Nc1ccc(=O)n(Cc2ccc(Cl)c(F)c2)n1. The summed E-state index contributed by atoms with van der Waals surface area (Å²) < 4.78 is 14.4. The van der Waals surface area contributed by atoms with E-state index in [4.69, 9.17) is 17.3 Å². The Morgan fingerprint density at radius 3 is 2.82 bits per heavy atom. The van der Waals surface area contributed by atoms with Gasteiger partial charge in [-0.15, -0.1) is 0 Å². The lowest BCUT2D eigenvalue weighted by Gasteiger charge is -2.05. The summed E-state index contributed by atoms with van der Waals surface area (Å²) in [6, 6.07) is 7.06. The van der Waals surface area contributed by atoms with Gasteiger partial charge < -0.3 is 5.73 Å². The lowest BCUT2D eigenvalue weighted by Crippen LogP contribution is -2.23. The molecule has 17 heavy (non-hydrogen) atoms. The molecule has 0 saturated heterocycles. The van der Waals surface area contributed by atoms with E-state index in [1.807, 2.05) is 0 Å². The van der Waals surface area contributed by atoms with E-state index in [1.54, 1.807) is 6.07 Å². The van der Waals surface area contributed by atoms with Crippen LogP contribution in [-0.2, 0) is 6.54 Å². The highest BCUT2D eigenvalue weighted by Gasteiger charge is 2.04. The summed E-state index contributed by atoms with van der Waals surface area (Å²) in [7, 11) is 0. The summed E-state index contributed by atoms with van der Waals surface area (Å²) in [5, 5.41) is 3.89. The maximum absolute atomic E-state index is 13.2. The number of halogens is 2. The third-order valence-electron chi connectivity index (χ3n) is 2.20. The average molecular weight is 254 g/mol. The van der Waals surface area contributed by atoms with Crippen LogP contribution in [0.3, 0.4) is 0 Å². The van der Waals surface area contributed by atoms with Crippen molar-refractivity contribution in [1.29, 1.82) is 0 Å². The number of nitrogens with zero attached hydrogens (tertiary/aromatic N) is 2. The van der Waals surface area contributed by atoms with E-state index in [0.717, 1.165) is 4.68 Å². The highest BCUT2D eigenvalue weighted by Crippen LogP contribution is 2.15. The van der Waals surface area contributed by atoms with Crippen molar-refractivity contribution in [3.63, 3.8) is 0 Å². The van der Waals surface area contributed by atoms with Gasteiger partial charge in [0.1, 0.15) is 11.6 Å². The van der Waals surface area contributed by atoms with E-state index in [2.05, 4.69) is 5.10 Å². The number of hydrogen-bond acceptors (Lipinski definition) is 3. The predicted molar refractivity (Wildman–Crippen MR) is 63.4 cm³/mol. The molecule has 0 atom stereocenters. The first kappa shape index (κ1) is 11.6. The van der Waals surface area contributed by atoms with E-state index in [-0.39, 0.29) is 22.9 Å². The molecule has 0 radical (unpaired) electrons. The Balaban J connectivity index is 2.34. The molecular formula is C11H9ClFN3O. The maximum Gasteiger partial charge on any atom is 0.267 e. The van der Waals surface area contributed by atoms with Gasteiger partial charge in [0.2, 0.25) is 0 Å². The quantitative estimate of drug-likeness (QED) is 0.886. The third kappa shape index (κ3) is 2.62. The largest absolute Gasteiger partial charge is 0.382 e. The molecule has 2 aromatic rings. The highest BCUT2D eigenvalue weighted by atomic mass is 35.5. The number of aromatic nitrogens is 2. The van der Waals surface area contributed by atoms with Crippen molar-refractivity contribution in [3.8, 4) is 0 Å². The van der Waals surface area contributed by atoms with Crippen molar-refractivity contribution in [3.05, 3.63) is 57.1 Å². The van der Waals surface area contributed by atoms with Crippen molar-refractivity contribution in [2.75, 3.05) is 5.73 Å². The molecule has 0 fully saturated rings. The second-order valence-electron chi connectivity index (χ2n) is 3.50. The molecule has 0 spiro atoms. The van der Waals surface area contributed by atoms with Gasteiger partial charge in [-0.1, -0.05) is 17.7 Å². The van der Waals surface area contributed by atoms with Crippen LogP contribution in [0, 0.1) is 5.82 Å². The summed E-state index contributed by atoms with van der Waals surface area (Å²) in [5.41, 5.74) is 5.76. The molecule has 2 N–H and O–H groups in total. The maximum atomic E-state index is 13.2. The molecule has 88 valence electrons. The van der Waals surface area contributed by atoms with Crippen molar-refractivity contribution in [1.82, 2.24) is 9.78 Å². The fourth-order valence-corrected chi connectivity index (χ4v) is 1.51. The molecule has 4 nitrogen and oxygen atoms in total. The second-order valence-corrected chi connectivity index (χ2v) is 3.91. The average Bonchev–Trinajstić information content (AvgIpc) is 2.29. The number of nitrogens with two attached hydrogens (primary N) is 1. The van der Waals surface area contributed by atoms with Crippen LogP contribution in [-0.4, -0.2) is 9.78 Å². The summed E-state index contributed by atoms with van der Waals surface area (Å²) >= 11 is 5.56. The van der Waals surface area contributed by atoms with Gasteiger partial charge in [0.15, 0.2) is 0 Å². The molecule has 1 aromatic heterocycles. The van der Waals surface area contributed by atoms with Crippen LogP contribution < -0.4 is 11.3 Å². The number of nitrogen functional groups attached to an aromatic ring is 1. The van der Waals surface area contributed by atoms with Gasteiger partial charge in [0, 0.05) is 6.07 Å². The first-order chi connectivity index (χ1) is 8.06. The van der Waals surface area contributed by atoms with Crippen LogP contribution in [0.25, 0.3) is 0 Å². The molecule has 1 heterocycles. The van der Waals surface area contributed by atoms with Crippen molar-refractivity contribution >= 4 is 17.4 Å². The molecule has 1 aromatic carbocycles. The Morgan fingerprint density at radius 1 is 1.35 bits per heavy atom. The van der Waals surface area contributed by atoms with Crippen LogP contribution in [0.15, 0.2) is 35.1 Å². The molecule has 0 amide bonds. The Kier molecular flexibility index (Phi) is 3.10. The Morgan fingerprint density at radius 2 is 2.12 bits per heavy atom. The van der Waals surface area contributed by atoms with Gasteiger partial charge in [-0.05, 0) is 23.8 Å². The van der Waals surface area contributed by atoms with Crippen LogP contribution in [0.5, 0.6) is 0 Å². The molecule has 0 unspecified atom stereocenters. The standard InChI is InChI=1S/C11H9ClFN3O/c12-8-2-1-7(5-9(8)13)6-16-11(17)4-3-10(14)15-16/h1-5H,6H2,(H2,14,15). The molecule has 0 saturated carbocycles. The van der Waals surface area contributed by atoms with Gasteiger partial charge in [-0.2, -0.15) is 5.10 Å². The van der Waals surface area contributed by atoms with E-state index >= 15 is 0 Å². The summed E-state index contributed by atoms with van der Waals surface area (Å²) in [5.74, 6) is -0.292. The molecule has 0 aliphatic carbocycles. The number of anilines is 1. The van der Waals surface area contributed by atoms with Crippen LogP contribution in [0.2, 0.25) is 5.02 Å². The topological polar surface area (TPSA) is 60.9 Å². The molecule has 0 bridgehead atoms. The van der Waals surface area contributed by atoms with Gasteiger partial charge in [0.05, 0.1) is 11.6 Å². The molecule has 2 rings (SSSR count). The van der Waals surface area contributed by atoms with Gasteiger partial charge in [-0.25, -0.2) is 9.07 Å². The molecule has 0 aliphatic heterocycles. The molecule has 0 aliphatic rings. The summed E-state index contributed by atoms with van der Waals surface area (Å²) in [4.78, 5) is 11.5. The fourth-order valence-electron chi connectivity index (χ4n) is 1.39. The Hall–Kier alpha value is -1.88. The fraction of sp³-hybridized carbons (Fsp3) is 0.0909. The summed E-state index contributed by atoms with van der Waals surface area (Å²) in [6.07, 6.45) is 0. The smallest absolute Gasteiger partial charge is 0.267 e. The van der Waals surface area contributed by atoms with Crippen molar-refractivity contribution < 1.29 is 4.39 Å². The van der Waals surface area contributed by atoms with Gasteiger partial charge >= 0.3 is 0 Å². The molecular weight excluding hydrogens is 245 g/mol. The van der Waals surface area contributed by atoms with Gasteiger partial charge in [0.25, 0.3) is 5.56 Å². The minimum Gasteiger partial charge on any atom is -0.382 e. The van der Waals surface area contributed by atoms with Crippen molar-refractivity contribution in [2.45, 2.75) is 6.54 Å². The number of rotatable bonds is 2. The minimum absolute atomic E-state index is 0.0432. The van der Waals surface area contributed by atoms with E-state index in [0.29, 0.717) is 5.56 Å². The first-order valence-corrected chi connectivity index (χ1v) is 5.21. The van der Waals surface area contributed by atoms with Crippen molar-refractivity contribution in [2.24, 2.45) is 0 Å². The number of hydrogen-bond donors (Lipinski definition) is 1. The van der Waals surface area contributed by atoms with Gasteiger partial charge in [-0.3, -0.25) is 4.79 Å². The summed E-state index contributed by atoms with van der Waals surface area (Å²) in [6.45, 7) is 0.151. The highest BCUT2D eigenvalue weighted by molar-refractivity contribution is 6.30. The van der Waals surface area contributed by atoms with E-state index < -0.39 is 5.82 Å². The monoisotopic (exact) mass is 253 g/mol. The minimum atomic E-state index is -0.527. The van der Waals surface area contributed by atoms with E-state index in [9.17, 15) is 9.18 Å². The van der Waals surface area contributed by atoms with Crippen LogP contribution in [0.4, 0.5) is 10.2 Å². The lowest BCUT2D eigenvalue weighted by molar-refractivity contribution is 0.612. The lowest BCUT2D eigenvalue weighted by atomic mass is 10.2. The first-order valence-electron chi connectivity index (χ1n) is 4.84. The Labute approximate surface area is 101 Å². The second kappa shape index (κ2) is 4.55. The predicted octanol–water partition coefficient (Wildman–Crippen LogP) is 1.67. The normalized spacial score (nSPS) is 10.5. The Bertz CT molecular complexity index is 612. The molecule has 6 heteroatoms. The van der Waals surface area contributed by atoms with Crippen LogP contribution >= 0.6 is 11.6 Å². The zero-order valence-corrected chi connectivity index (χ0v) is 9.49. The third-order valence-corrected chi connectivity index (χ3v) is 2.51. The zero-order valence-electron chi connectivity index (χ0n) is 8.73.